The Labute approximate surface area is 343 Å². The SMILES string of the molecule is CCCCCOC(=O)c1cc(C(=O)OCCCCC)cc(S(=O)(=O)[O-])c1.CCCCCOC(=O)c1cc(C(=O)OCCCCC)cc(S(=O)(=O)[O-])c1.[Ca+2]. The number of carbonyl (C=O) groups excluding carboxylic acids is 4. The first kappa shape index (κ1) is 50.4. The molecule has 0 unspecified atom stereocenters. The van der Waals surface area contributed by atoms with Crippen LogP contribution in [0.3, 0.4) is 0 Å². The van der Waals surface area contributed by atoms with Gasteiger partial charge in [0.25, 0.3) is 0 Å². The van der Waals surface area contributed by atoms with Gasteiger partial charge in [-0.15, -0.1) is 0 Å². The number of rotatable bonds is 22. The third kappa shape index (κ3) is 20.6. The fourth-order valence-corrected chi connectivity index (χ4v) is 5.44. The number of carbonyl (C=O) groups is 4. The Morgan fingerprint density at radius 2 is 0.642 bits per heavy atom. The van der Waals surface area contributed by atoms with Crippen LogP contribution in [0, 0.1) is 0 Å². The summed E-state index contributed by atoms with van der Waals surface area (Å²) in [5, 5.41) is 0. The molecule has 0 fully saturated rings. The van der Waals surface area contributed by atoms with Gasteiger partial charge in [0.2, 0.25) is 0 Å². The Bertz CT molecular complexity index is 1470. The van der Waals surface area contributed by atoms with Gasteiger partial charge in [-0.05, 0) is 62.1 Å². The van der Waals surface area contributed by atoms with Crippen LogP contribution in [0.5, 0.6) is 0 Å². The maximum absolute atomic E-state index is 12.1. The molecule has 14 nitrogen and oxygen atoms in total. The summed E-state index contributed by atoms with van der Waals surface area (Å²) >= 11 is 0. The average molecular weight is 811 g/mol. The molecule has 53 heavy (non-hydrogen) atoms. The van der Waals surface area contributed by atoms with Crippen LogP contribution in [-0.4, -0.2) is 114 Å². The summed E-state index contributed by atoms with van der Waals surface area (Å²) < 4.78 is 88.2. The van der Waals surface area contributed by atoms with Gasteiger partial charge in [-0.2, -0.15) is 0 Å². The largest absolute Gasteiger partial charge is 2.00 e. The van der Waals surface area contributed by atoms with E-state index < -0.39 is 53.9 Å². The first-order valence-corrected chi connectivity index (χ1v) is 20.3. The molecule has 0 atom stereocenters. The van der Waals surface area contributed by atoms with Crippen molar-refractivity contribution < 1.29 is 64.1 Å². The van der Waals surface area contributed by atoms with E-state index in [1.54, 1.807) is 0 Å². The van der Waals surface area contributed by atoms with Crippen LogP contribution in [0.1, 0.15) is 146 Å². The molecule has 17 heteroatoms. The predicted octanol–water partition coefficient (Wildman–Crippen LogP) is 6.19. The average Bonchev–Trinajstić information content (AvgIpc) is 3.11. The van der Waals surface area contributed by atoms with Crippen molar-refractivity contribution in [2.75, 3.05) is 26.4 Å². The molecule has 0 radical (unpaired) electrons. The molecule has 0 N–H and O–H groups in total. The van der Waals surface area contributed by atoms with Crippen LogP contribution in [0.25, 0.3) is 0 Å². The fraction of sp³-hybridized carbons (Fsp3) is 0.556. The molecule has 0 saturated carbocycles. The zero-order chi connectivity index (χ0) is 39.2. The van der Waals surface area contributed by atoms with Crippen LogP contribution in [0.4, 0.5) is 0 Å². The molecule has 0 saturated heterocycles. The summed E-state index contributed by atoms with van der Waals surface area (Å²) in [7, 11) is -9.68. The monoisotopic (exact) mass is 810 g/mol. The van der Waals surface area contributed by atoms with Crippen molar-refractivity contribution in [2.24, 2.45) is 0 Å². The van der Waals surface area contributed by atoms with Gasteiger partial charge in [-0.1, -0.05) is 79.1 Å². The molecule has 0 bridgehead atoms. The normalized spacial score (nSPS) is 11.0. The van der Waals surface area contributed by atoms with Gasteiger partial charge in [-0.25, -0.2) is 36.0 Å². The van der Waals surface area contributed by atoms with E-state index in [1.807, 2.05) is 27.7 Å². The summed E-state index contributed by atoms with van der Waals surface area (Å²) in [6, 6.07) is 6.02. The van der Waals surface area contributed by atoms with Crippen molar-refractivity contribution in [3.63, 3.8) is 0 Å². The van der Waals surface area contributed by atoms with E-state index in [9.17, 15) is 45.1 Å². The van der Waals surface area contributed by atoms with Gasteiger partial charge in [0.1, 0.15) is 20.2 Å². The van der Waals surface area contributed by atoms with E-state index in [1.165, 1.54) is 12.1 Å². The van der Waals surface area contributed by atoms with E-state index in [4.69, 9.17) is 18.9 Å². The molecule has 2 aromatic carbocycles. The molecular weight excluding hydrogens is 761 g/mol. The quantitative estimate of drug-likeness (QED) is 0.0426. The second-order valence-electron chi connectivity index (χ2n) is 11.8. The van der Waals surface area contributed by atoms with E-state index in [-0.39, 0.29) is 86.4 Å². The van der Waals surface area contributed by atoms with Gasteiger partial charge in [0.05, 0.1) is 58.5 Å². The number of benzene rings is 2. The number of hydrogen-bond donors (Lipinski definition) is 0. The standard InChI is InChI=1S/2C18H26O7S.Ca/c2*1-3-5-7-9-24-17(19)14-11-15(13-16(12-14)26(21,22)23)18(20)25-10-8-6-4-2;/h2*11-13H,3-10H2,1-2H3,(H,21,22,23);/q;;+2/p-2. The third-order valence-corrected chi connectivity index (χ3v) is 8.88. The smallest absolute Gasteiger partial charge is 0.744 e. The minimum absolute atomic E-state index is 0. The number of ether oxygens (including phenoxy) is 4. The molecule has 0 aromatic heterocycles. The number of esters is 4. The number of unbranched alkanes of at least 4 members (excludes halogenated alkanes) is 8. The zero-order valence-corrected chi connectivity index (χ0v) is 34.9. The summed E-state index contributed by atoms with van der Waals surface area (Å²) in [5.74, 6) is -3.14. The predicted molar refractivity (Wildman–Crippen MR) is 194 cm³/mol. The van der Waals surface area contributed by atoms with Crippen molar-refractivity contribution >= 4 is 81.9 Å². The molecule has 0 aliphatic rings. The molecule has 0 amide bonds. The van der Waals surface area contributed by atoms with Gasteiger partial charge in [-0.3, -0.25) is 0 Å². The minimum Gasteiger partial charge on any atom is -0.744 e. The van der Waals surface area contributed by atoms with E-state index in [2.05, 4.69) is 0 Å². The fourth-order valence-electron chi connectivity index (χ4n) is 4.36. The van der Waals surface area contributed by atoms with Crippen LogP contribution in [0.15, 0.2) is 46.2 Å². The maximum atomic E-state index is 12.1. The second kappa shape index (κ2) is 27.1. The Kier molecular flexibility index (Phi) is 25.7. The molecule has 0 aliphatic heterocycles. The Morgan fingerprint density at radius 1 is 0.434 bits per heavy atom. The summed E-state index contributed by atoms with van der Waals surface area (Å²) in [4.78, 5) is 47.0. The van der Waals surface area contributed by atoms with Crippen molar-refractivity contribution in [3.8, 4) is 0 Å². The second-order valence-corrected chi connectivity index (χ2v) is 14.5. The molecular formula is C36H50CaO14S2. The molecule has 2 aromatic rings. The summed E-state index contributed by atoms with van der Waals surface area (Å²) in [6.45, 7) is 8.72. The van der Waals surface area contributed by atoms with E-state index >= 15 is 0 Å². The van der Waals surface area contributed by atoms with E-state index in [0.717, 1.165) is 75.6 Å². The topological polar surface area (TPSA) is 220 Å². The first-order chi connectivity index (χ1) is 24.6. The molecule has 2 rings (SSSR count). The minimum atomic E-state index is -4.84. The van der Waals surface area contributed by atoms with E-state index in [0.29, 0.717) is 25.7 Å². The van der Waals surface area contributed by atoms with Crippen molar-refractivity contribution in [3.05, 3.63) is 58.7 Å². The first-order valence-electron chi connectivity index (χ1n) is 17.5. The van der Waals surface area contributed by atoms with Crippen molar-refractivity contribution in [1.29, 1.82) is 0 Å². The number of hydrogen-bond acceptors (Lipinski definition) is 14. The summed E-state index contributed by atoms with van der Waals surface area (Å²) in [5.41, 5.74) is -0.671. The van der Waals surface area contributed by atoms with Gasteiger partial charge in [0, 0.05) is 0 Å². The van der Waals surface area contributed by atoms with Crippen LogP contribution < -0.4 is 0 Å². The van der Waals surface area contributed by atoms with Crippen LogP contribution >= 0.6 is 0 Å². The van der Waals surface area contributed by atoms with Gasteiger partial charge >= 0.3 is 61.6 Å². The van der Waals surface area contributed by atoms with Gasteiger partial charge in [0.15, 0.2) is 0 Å². The Hall–Kier alpha value is -2.60. The molecule has 292 valence electrons. The molecule has 0 heterocycles. The Balaban J connectivity index is 0.00000100. The maximum Gasteiger partial charge on any atom is 2.00 e. The van der Waals surface area contributed by atoms with Crippen LogP contribution in [-0.2, 0) is 39.2 Å². The molecule has 0 spiro atoms. The zero-order valence-electron chi connectivity index (χ0n) is 31.0. The molecule has 0 aliphatic carbocycles. The third-order valence-electron chi connectivity index (χ3n) is 7.26. The van der Waals surface area contributed by atoms with Crippen molar-refractivity contribution in [1.82, 2.24) is 0 Å². The summed E-state index contributed by atoms with van der Waals surface area (Å²) in [6.07, 6.45) is 10.1. The van der Waals surface area contributed by atoms with Crippen LogP contribution in [0.2, 0.25) is 0 Å². The van der Waals surface area contributed by atoms with Gasteiger partial charge < -0.3 is 28.1 Å². The Morgan fingerprint density at radius 3 is 0.811 bits per heavy atom. The van der Waals surface area contributed by atoms with Crippen molar-refractivity contribution in [2.45, 2.75) is 115 Å².